The lowest BCUT2D eigenvalue weighted by Gasteiger charge is -2.28. The zero-order chi connectivity index (χ0) is 26.7. The van der Waals surface area contributed by atoms with E-state index >= 15 is 0 Å². The van der Waals surface area contributed by atoms with Gasteiger partial charge in [-0.25, -0.2) is 8.42 Å². The minimum absolute atomic E-state index is 0.257. The average Bonchev–Trinajstić information content (AvgIpc) is 2.89. The Hall–Kier alpha value is -2.71. The molecule has 0 aliphatic heterocycles. The predicted molar refractivity (Wildman–Crippen MR) is 149 cm³/mol. The number of benzene rings is 3. The highest BCUT2D eigenvalue weighted by Gasteiger charge is 2.29. The van der Waals surface area contributed by atoms with Gasteiger partial charge in [-0.1, -0.05) is 74.5 Å². The summed E-state index contributed by atoms with van der Waals surface area (Å²) in [6.07, 6.45) is 0.575. The van der Waals surface area contributed by atoms with Gasteiger partial charge in [0.25, 0.3) is 0 Å². The number of ether oxygens (including phenoxy) is 2. The molecule has 1 unspecified atom stereocenters. The highest BCUT2D eigenvalue weighted by atomic mass is 32.2. The lowest BCUT2D eigenvalue weighted by atomic mass is 10.0. The van der Waals surface area contributed by atoms with Crippen LogP contribution in [-0.2, 0) is 34.3 Å². The summed E-state index contributed by atoms with van der Waals surface area (Å²) < 4.78 is 39.9. The quantitative estimate of drug-likeness (QED) is 0.293. The Labute approximate surface area is 222 Å². The molecule has 0 amide bonds. The molecular formula is C30H40N2O4S. The second kappa shape index (κ2) is 14.3. The Bertz CT molecular complexity index is 1180. The molecule has 0 bridgehead atoms. The third-order valence-corrected chi connectivity index (χ3v) is 8.15. The number of rotatable bonds is 15. The average molecular weight is 525 g/mol. The van der Waals surface area contributed by atoms with Crippen molar-refractivity contribution in [2.75, 3.05) is 26.8 Å². The van der Waals surface area contributed by atoms with Crippen LogP contribution in [0.2, 0.25) is 0 Å². The number of nitrogens with zero attached hydrogens (tertiary/aromatic N) is 1. The van der Waals surface area contributed by atoms with E-state index in [0.29, 0.717) is 37.0 Å². The molecule has 0 saturated carbocycles. The molecular weight excluding hydrogens is 484 g/mol. The van der Waals surface area contributed by atoms with Crippen LogP contribution in [0.3, 0.4) is 0 Å². The van der Waals surface area contributed by atoms with E-state index in [1.807, 2.05) is 43.3 Å². The molecule has 0 radical (unpaired) electrons. The first kappa shape index (κ1) is 28.9. The van der Waals surface area contributed by atoms with E-state index in [4.69, 9.17) is 9.47 Å². The fourth-order valence-corrected chi connectivity index (χ4v) is 5.83. The van der Waals surface area contributed by atoms with E-state index in [9.17, 15) is 8.42 Å². The number of hydrogen-bond donors (Lipinski definition) is 1. The topological polar surface area (TPSA) is 67.9 Å². The largest absolute Gasteiger partial charge is 0.489 e. The molecule has 1 N–H and O–H groups in total. The van der Waals surface area contributed by atoms with E-state index in [0.717, 1.165) is 29.0 Å². The van der Waals surface area contributed by atoms with E-state index in [-0.39, 0.29) is 12.6 Å². The van der Waals surface area contributed by atoms with Gasteiger partial charge in [0.2, 0.25) is 10.0 Å². The fourth-order valence-electron chi connectivity index (χ4n) is 4.20. The maximum absolute atomic E-state index is 13.5. The number of nitrogens with one attached hydrogen (secondary N) is 1. The predicted octanol–water partition coefficient (Wildman–Crippen LogP) is 5.28. The molecule has 0 aromatic heterocycles. The van der Waals surface area contributed by atoms with Gasteiger partial charge in [0.1, 0.15) is 12.4 Å². The third kappa shape index (κ3) is 8.68. The minimum Gasteiger partial charge on any atom is -0.489 e. The second-order valence-corrected chi connectivity index (χ2v) is 11.6. The van der Waals surface area contributed by atoms with Crippen molar-refractivity contribution in [2.24, 2.45) is 5.92 Å². The van der Waals surface area contributed by atoms with Crippen molar-refractivity contribution >= 4 is 10.0 Å². The van der Waals surface area contributed by atoms with Crippen molar-refractivity contribution in [1.29, 1.82) is 0 Å². The second-order valence-electron chi connectivity index (χ2n) is 9.72. The summed E-state index contributed by atoms with van der Waals surface area (Å²) >= 11 is 0. The van der Waals surface area contributed by atoms with Gasteiger partial charge in [-0.2, -0.15) is 4.31 Å². The van der Waals surface area contributed by atoms with Crippen LogP contribution in [0, 0.1) is 5.92 Å². The Kier molecular flexibility index (Phi) is 11.1. The van der Waals surface area contributed by atoms with Crippen LogP contribution < -0.4 is 10.1 Å². The molecule has 3 aromatic rings. The molecule has 0 aliphatic rings. The Morgan fingerprint density at radius 3 is 2.22 bits per heavy atom. The monoisotopic (exact) mass is 524 g/mol. The molecule has 0 saturated heterocycles. The number of sulfonamides is 1. The summed E-state index contributed by atoms with van der Waals surface area (Å²) in [6, 6.07) is 24.6. The van der Waals surface area contributed by atoms with Gasteiger partial charge >= 0.3 is 0 Å². The lowest BCUT2D eigenvalue weighted by molar-refractivity contribution is 0.168. The summed E-state index contributed by atoms with van der Waals surface area (Å²) in [5.74, 6) is 1.37. The van der Waals surface area contributed by atoms with Crippen LogP contribution in [0.5, 0.6) is 5.75 Å². The van der Waals surface area contributed by atoms with E-state index in [1.165, 1.54) is 0 Å². The van der Waals surface area contributed by atoms with Crippen molar-refractivity contribution in [3.8, 4) is 5.75 Å². The maximum atomic E-state index is 13.5. The molecule has 0 spiro atoms. The molecule has 0 fully saturated rings. The van der Waals surface area contributed by atoms with Gasteiger partial charge < -0.3 is 14.8 Å². The molecule has 7 heteroatoms. The van der Waals surface area contributed by atoms with Crippen molar-refractivity contribution < 1.29 is 17.9 Å². The van der Waals surface area contributed by atoms with Crippen LogP contribution in [0.25, 0.3) is 0 Å². The van der Waals surface area contributed by atoms with Crippen LogP contribution in [0.4, 0.5) is 0 Å². The lowest BCUT2D eigenvalue weighted by Crippen LogP contribution is -2.41. The number of methoxy groups -OCH3 is 1. The van der Waals surface area contributed by atoms with Crippen molar-refractivity contribution in [3.63, 3.8) is 0 Å². The molecule has 37 heavy (non-hydrogen) atoms. The molecule has 3 rings (SSSR count). The minimum atomic E-state index is -3.66. The van der Waals surface area contributed by atoms with Crippen LogP contribution in [0.1, 0.15) is 37.5 Å². The zero-order valence-corrected chi connectivity index (χ0v) is 23.2. The Balaban J connectivity index is 1.81. The molecule has 1 atom stereocenters. The fraction of sp³-hybridized carbons (Fsp3) is 0.400. The van der Waals surface area contributed by atoms with Gasteiger partial charge in [-0.05, 0) is 55.1 Å². The summed E-state index contributed by atoms with van der Waals surface area (Å²) in [4.78, 5) is 0.293. The molecule has 0 heterocycles. The van der Waals surface area contributed by atoms with Gasteiger partial charge in [-0.3, -0.25) is 0 Å². The van der Waals surface area contributed by atoms with Crippen LogP contribution in [-0.4, -0.2) is 45.6 Å². The van der Waals surface area contributed by atoms with E-state index < -0.39 is 10.0 Å². The van der Waals surface area contributed by atoms with Gasteiger partial charge in [-0.15, -0.1) is 0 Å². The summed E-state index contributed by atoms with van der Waals surface area (Å²) in [6.45, 7) is 9.00. The van der Waals surface area contributed by atoms with E-state index in [2.05, 4.69) is 37.4 Å². The Morgan fingerprint density at radius 1 is 0.892 bits per heavy atom. The van der Waals surface area contributed by atoms with Crippen LogP contribution in [0.15, 0.2) is 83.8 Å². The van der Waals surface area contributed by atoms with Gasteiger partial charge in [0.05, 0.1) is 11.5 Å². The summed E-state index contributed by atoms with van der Waals surface area (Å²) in [7, 11) is -2.07. The first-order valence-corrected chi connectivity index (χ1v) is 14.3. The highest BCUT2D eigenvalue weighted by molar-refractivity contribution is 7.89. The zero-order valence-electron chi connectivity index (χ0n) is 22.4. The normalized spacial score (nSPS) is 12.7. The summed E-state index contributed by atoms with van der Waals surface area (Å²) in [5.41, 5.74) is 3.24. The molecule has 3 aromatic carbocycles. The van der Waals surface area contributed by atoms with Crippen molar-refractivity contribution in [1.82, 2.24) is 9.62 Å². The molecule has 200 valence electrons. The maximum Gasteiger partial charge on any atom is 0.243 e. The number of hydrogen-bond acceptors (Lipinski definition) is 5. The van der Waals surface area contributed by atoms with Gasteiger partial charge in [0, 0.05) is 31.8 Å². The van der Waals surface area contributed by atoms with Gasteiger partial charge in [0.15, 0.2) is 0 Å². The first-order chi connectivity index (χ1) is 17.8. The SMILES string of the molecule is COCCN(C(C)Cc1ccc(OCc2ccccc2)c(CNCC(C)C)c1)S(=O)(=O)c1ccccc1. The molecule has 6 nitrogen and oxygen atoms in total. The summed E-state index contributed by atoms with van der Waals surface area (Å²) in [5, 5.41) is 3.51. The van der Waals surface area contributed by atoms with Crippen molar-refractivity contribution in [2.45, 2.75) is 51.3 Å². The Morgan fingerprint density at radius 2 is 1.57 bits per heavy atom. The third-order valence-electron chi connectivity index (χ3n) is 6.12. The first-order valence-electron chi connectivity index (χ1n) is 12.9. The smallest absolute Gasteiger partial charge is 0.243 e. The van der Waals surface area contributed by atoms with Crippen LogP contribution >= 0.6 is 0 Å². The van der Waals surface area contributed by atoms with Crippen molar-refractivity contribution in [3.05, 3.63) is 95.6 Å². The highest BCUT2D eigenvalue weighted by Crippen LogP contribution is 2.25. The van der Waals surface area contributed by atoms with E-state index in [1.54, 1.807) is 35.7 Å². The standard InChI is InChI=1S/C30H40N2O4S/c1-24(2)21-31-22-28-20-27(15-16-30(28)36-23-26-11-7-5-8-12-26)19-25(3)32(17-18-35-4)37(33,34)29-13-9-6-10-14-29/h5-16,20,24-25,31H,17-19,21-23H2,1-4H3. The molecule has 0 aliphatic carbocycles.